The number of hydrogen-bond acceptors (Lipinski definition) is 7. The van der Waals surface area contributed by atoms with Gasteiger partial charge in [-0.1, -0.05) is 0 Å². The lowest BCUT2D eigenvalue weighted by Gasteiger charge is -2.11. The molecule has 0 saturated carbocycles. The van der Waals surface area contributed by atoms with Gasteiger partial charge in [-0.05, 0) is 48.0 Å². The van der Waals surface area contributed by atoms with Crippen LogP contribution in [0.4, 0.5) is 31.9 Å². The Morgan fingerprint density at radius 3 is 2.23 bits per heavy atom. The summed E-state index contributed by atoms with van der Waals surface area (Å²) in [5, 5.41) is 14.5. The highest BCUT2D eigenvalue weighted by Crippen LogP contribution is 2.28. The molecule has 0 aliphatic carbocycles. The van der Waals surface area contributed by atoms with Crippen molar-refractivity contribution >= 4 is 23.1 Å². The molecule has 2 aromatic carbocycles. The van der Waals surface area contributed by atoms with E-state index in [1.807, 2.05) is 6.07 Å². The van der Waals surface area contributed by atoms with Gasteiger partial charge < -0.3 is 10.6 Å². The van der Waals surface area contributed by atoms with Gasteiger partial charge in [0.1, 0.15) is 29.5 Å². The average Bonchev–Trinajstić information content (AvgIpc) is 2.77. The SMILES string of the molecule is N#Cc1ccc(Nc2nccc(Nc3c(F)cc(-c4cncnc4)cc3F)n2)cc1. The Kier molecular flexibility index (Phi) is 5.21. The van der Waals surface area contributed by atoms with Gasteiger partial charge in [0.15, 0.2) is 0 Å². The molecule has 0 bridgehead atoms. The van der Waals surface area contributed by atoms with Crippen LogP contribution in [0.1, 0.15) is 5.56 Å². The van der Waals surface area contributed by atoms with E-state index in [0.717, 1.165) is 0 Å². The average molecular weight is 401 g/mol. The molecule has 9 heteroatoms. The molecule has 7 nitrogen and oxygen atoms in total. The van der Waals surface area contributed by atoms with Gasteiger partial charge >= 0.3 is 0 Å². The van der Waals surface area contributed by atoms with Gasteiger partial charge in [-0.15, -0.1) is 0 Å². The molecular weight excluding hydrogens is 388 g/mol. The molecule has 2 aromatic heterocycles. The minimum absolute atomic E-state index is 0.203. The molecule has 30 heavy (non-hydrogen) atoms. The Hall–Kier alpha value is -4.45. The molecule has 0 fully saturated rings. The maximum Gasteiger partial charge on any atom is 0.229 e. The molecule has 4 aromatic rings. The number of rotatable bonds is 5. The van der Waals surface area contributed by atoms with Crippen molar-refractivity contribution in [3.05, 3.63) is 84.6 Å². The number of nitrogens with zero attached hydrogens (tertiary/aromatic N) is 5. The summed E-state index contributed by atoms with van der Waals surface area (Å²) >= 11 is 0. The fraction of sp³-hybridized carbons (Fsp3) is 0. The van der Waals surface area contributed by atoms with Crippen molar-refractivity contribution in [1.29, 1.82) is 5.26 Å². The lowest BCUT2D eigenvalue weighted by molar-refractivity contribution is 0.591. The Morgan fingerprint density at radius 1 is 0.867 bits per heavy atom. The van der Waals surface area contributed by atoms with Gasteiger partial charge in [0.2, 0.25) is 5.95 Å². The van der Waals surface area contributed by atoms with Gasteiger partial charge in [-0.25, -0.2) is 23.7 Å². The van der Waals surface area contributed by atoms with Crippen molar-refractivity contribution in [2.45, 2.75) is 0 Å². The first-order valence-electron chi connectivity index (χ1n) is 8.74. The van der Waals surface area contributed by atoms with Crippen LogP contribution in [-0.2, 0) is 0 Å². The van der Waals surface area contributed by atoms with Crippen LogP contribution in [0.3, 0.4) is 0 Å². The predicted octanol–water partition coefficient (Wildman–Crippen LogP) is 4.57. The Balaban J connectivity index is 1.56. The van der Waals surface area contributed by atoms with Crippen LogP contribution in [0.2, 0.25) is 0 Å². The quantitative estimate of drug-likeness (QED) is 0.505. The molecule has 0 saturated heterocycles. The summed E-state index contributed by atoms with van der Waals surface area (Å²) in [6, 6.07) is 12.6. The maximum absolute atomic E-state index is 14.6. The predicted molar refractivity (Wildman–Crippen MR) is 107 cm³/mol. The summed E-state index contributed by atoms with van der Waals surface area (Å²) in [7, 11) is 0. The third-order valence-corrected chi connectivity index (χ3v) is 4.11. The smallest absolute Gasteiger partial charge is 0.229 e. The first-order chi connectivity index (χ1) is 14.6. The van der Waals surface area contributed by atoms with E-state index in [0.29, 0.717) is 22.4 Å². The van der Waals surface area contributed by atoms with Gasteiger partial charge in [0, 0.05) is 29.8 Å². The van der Waals surface area contributed by atoms with Gasteiger partial charge in [-0.3, -0.25) is 0 Å². The minimum Gasteiger partial charge on any atom is -0.335 e. The number of halogens is 2. The summed E-state index contributed by atoms with van der Waals surface area (Å²) in [5.74, 6) is -1.14. The van der Waals surface area contributed by atoms with Crippen molar-refractivity contribution < 1.29 is 8.78 Å². The third kappa shape index (κ3) is 4.18. The fourth-order valence-electron chi connectivity index (χ4n) is 2.68. The van der Waals surface area contributed by atoms with E-state index >= 15 is 0 Å². The molecule has 0 aliphatic heterocycles. The van der Waals surface area contributed by atoms with Crippen molar-refractivity contribution in [1.82, 2.24) is 19.9 Å². The second-order valence-corrected chi connectivity index (χ2v) is 6.15. The number of anilines is 4. The lowest BCUT2D eigenvalue weighted by atomic mass is 10.1. The Labute approximate surface area is 170 Å². The van der Waals surface area contributed by atoms with Gasteiger partial charge in [-0.2, -0.15) is 10.2 Å². The Morgan fingerprint density at radius 2 is 1.57 bits per heavy atom. The molecular formula is C21H13F2N7. The van der Waals surface area contributed by atoms with E-state index in [1.165, 1.54) is 43.1 Å². The summed E-state index contributed by atoms with van der Waals surface area (Å²) in [5.41, 5.74) is 1.67. The highest BCUT2D eigenvalue weighted by atomic mass is 19.1. The standard InChI is InChI=1S/C21H13F2N7/c22-17-7-14(15-10-25-12-26-11-15)8-18(23)20(17)29-19-5-6-27-21(30-19)28-16-3-1-13(9-24)2-4-16/h1-8,10-12H,(H2,27,28,29,30). The number of hydrogen-bond donors (Lipinski definition) is 2. The lowest BCUT2D eigenvalue weighted by Crippen LogP contribution is -2.03. The van der Waals surface area contributed by atoms with E-state index < -0.39 is 11.6 Å². The van der Waals surface area contributed by atoms with E-state index in [9.17, 15) is 8.78 Å². The molecule has 4 rings (SSSR count). The zero-order valence-corrected chi connectivity index (χ0v) is 15.3. The van der Waals surface area contributed by atoms with Crippen molar-refractivity contribution in [3.63, 3.8) is 0 Å². The highest BCUT2D eigenvalue weighted by molar-refractivity contribution is 5.68. The molecule has 0 radical (unpaired) electrons. The number of benzene rings is 2. The van der Waals surface area contributed by atoms with E-state index in [4.69, 9.17) is 5.26 Å². The zero-order valence-electron chi connectivity index (χ0n) is 15.3. The highest BCUT2D eigenvalue weighted by Gasteiger charge is 2.14. The summed E-state index contributed by atoms with van der Waals surface area (Å²) < 4.78 is 29.1. The topological polar surface area (TPSA) is 99.4 Å². The Bertz CT molecular complexity index is 1200. The summed E-state index contributed by atoms with van der Waals surface area (Å²) in [6.45, 7) is 0. The van der Waals surface area contributed by atoms with Crippen LogP contribution >= 0.6 is 0 Å². The third-order valence-electron chi connectivity index (χ3n) is 4.11. The summed E-state index contributed by atoms with van der Waals surface area (Å²) in [4.78, 5) is 16.0. The molecule has 0 aliphatic rings. The molecule has 0 unspecified atom stereocenters. The van der Waals surface area contributed by atoms with Crippen LogP contribution in [0.5, 0.6) is 0 Å². The minimum atomic E-state index is -0.783. The fourth-order valence-corrected chi connectivity index (χ4v) is 2.68. The van der Waals surface area contributed by atoms with E-state index in [1.54, 1.807) is 24.3 Å². The first kappa shape index (κ1) is 18.9. The maximum atomic E-state index is 14.6. The van der Waals surface area contributed by atoms with Crippen LogP contribution in [0.25, 0.3) is 11.1 Å². The van der Waals surface area contributed by atoms with Crippen molar-refractivity contribution in [2.24, 2.45) is 0 Å². The van der Waals surface area contributed by atoms with Crippen molar-refractivity contribution in [2.75, 3.05) is 10.6 Å². The van der Waals surface area contributed by atoms with Crippen molar-refractivity contribution in [3.8, 4) is 17.2 Å². The normalized spacial score (nSPS) is 10.3. The summed E-state index contributed by atoms with van der Waals surface area (Å²) in [6.07, 6.45) is 5.73. The largest absolute Gasteiger partial charge is 0.335 e. The van der Waals surface area contributed by atoms with Gasteiger partial charge in [0.25, 0.3) is 0 Å². The van der Waals surface area contributed by atoms with Gasteiger partial charge in [0.05, 0.1) is 11.6 Å². The molecule has 146 valence electrons. The van der Waals surface area contributed by atoms with Crippen LogP contribution in [-0.4, -0.2) is 19.9 Å². The number of nitrogens with one attached hydrogen (secondary N) is 2. The zero-order chi connectivity index (χ0) is 20.9. The van der Waals surface area contributed by atoms with Crippen LogP contribution in [0.15, 0.2) is 67.4 Å². The molecule has 0 atom stereocenters. The molecule has 2 heterocycles. The van der Waals surface area contributed by atoms with E-state index in [2.05, 4.69) is 30.6 Å². The van der Waals surface area contributed by atoms with Crippen LogP contribution in [0, 0.1) is 23.0 Å². The monoisotopic (exact) mass is 401 g/mol. The number of aromatic nitrogens is 4. The molecule has 0 spiro atoms. The first-order valence-corrected chi connectivity index (χ1v) is 8.74. The second-order valence-electron chi connectivity index (χ2n) is 6.15. The molecule has 2 N–H and O–H groups in total. The number of nitriles is 1. The second kappa shape index (κ2) is 8.28. The molecule has 0 amide bonds. The van der Waals surface area contributed by atoms with Crippen LogP contribution < -0.4 is 10.6 Å². The van der Waals surface area contributed by atoms with E-state index in [-0.39, 0.29) is 17.5 Å².